The van der Waals surface area contributed by atoms with Crippen molar-refractivity contribution in [1.29, 1.82) is 0 Å². The summed E-state index contributed by atoms with van der Waals surface area (Å²) in [5.41, 5.74) is 0. The quantitative estimate of drug-likeness (QED) is 0.0929. The molecule has 5 nitrogen and oxygen atoms in total. The van der Waals surface area contributed by atoms with E-state index in [1.54, 1.807) is 0 Å². The molecule has 0 atom stereocenters. The number of nitrogens with zero attached hydrogens (tertiary/aromatic N) is 2. The minimum Gasteiger partial charge on any atom is -0.328 e. The third kappa shape index (κ3) is 24.7. The molecule has 33 heavy (non-hydrogen) atoms. The highest BCUT2D eigenvalue weighted by Gasteiger charge is 2.17. The van der Waals surface area contributed by atoms with E-state index >= 15 is 0 Å². The van der Waals surface area contributed by atoms with E-state index in [-0.39, 0.29) is 5.75 Å². The van der Waals surface area contributed by atoms with Crippen LogP contribution >= 0.6 is 0 Å². The third-order valence-electron chi connectivity index (χ3n) is 7.06. The Kier molecular flexibility index (Phi) is 19.0. The van der Waals surface area contributed by atoms with Gasteiger partial charge in [0.2, 0.25) is 0 Å². The zero-order chi connectivity index (χ0) is 25.1. The maximum Gasteiger partial charge on any atom is 0.265 e. The van der Waals surface area contributed by atoms with Gasteiger partial charge in [0.05, 0.1) is 60.1 Å². The van der Waals surface area contributed by atoms with Crippen LogP contribution in [0.2, 0.25) is 0 Å². The zero-order valence-corrected chi connectivity index (χ0v) is 23.9. The second-order valence-corrected chi connectivity index (χ2v) is 13.3. The maximum absolute atomic E-state index is 10.9. The molecule has 0 aromatic carbocycles. The van der Waals surface area contributed by atoms with Gasteiger partial charge in [-0.15, -0.1) is 0 Å². The molecule has 0 saturated carbocycles. The topological polar surface area (TPSA) is 54.4 Å². The van der Waals surface area contributed by atoms with E-state index in [0.717, 1.165) is 22.1 Å². The molecule has 0 rings (SSSR count). The molecule has 0 aliphatic carbocycles. The summed E-state index contributed by atoms with van der Waals surface area (Å²) in [5.74, 6) is -0.124. The van der Waals surface area contributed by atoms with Crippen LogP contribution in [0.5, 0.6) is 0 Å². The van der Waals surface area contributed by atoms with Crippen molar-refractivity contribution in [2.75, 3.05) is 60.1 Å². The van der Waals surface area contributed by atoms with Crippen molar-refractivity contribution in [2.45, 2.75) is 116 Å². The molecule has 0 saturated heterocycles. The molecule has 0 aliphatic rings. The highest BCUT2D eigenvalue weighted by Crippen LogP contribution is 2.14. The largest absolute Gasteiger partial charge is 0.328 e. The SMILES string of the molecule is CCCCCCCCCCCCCC[N+](C)(C)CCCCCC[N+](C)(C)CCCS(=O)(=O)O. The lowest BCUT2D eigenvalue weighted by Crippen LogP contribution is -2.42. The molecule has 0 spiro atoms. The van der Waals surface area contributed by atoms with Crippen molar-refractivity contribution in [3.05, 3.63) is 0 Å². The first-order valence-corrected chi connectivity index (χ1v) is 15.7. The Labute approximate surface area is 208 Å². The van der Waals surface area contributed by atoms with E-state index in [2.05, 4.69) is 35.1 Å². The zero-order valence-electron chi connectivity index (χ0n) is 23.1. The average molecular weight is 493 g/mol. The first-order chi connectivity index (χ1) is 15.5. The molecule has 0 radical (unpaired) electrons. The minimum atomic E-state index is -3.82. The molecule has 1 N–H and O–H groups in total. The second-order valence-electron chi connectivity index (χ2n) is 11.7. The van der Waals surface area contributed by atoms with E-state index < -0.39 is 10.1 Å². The van der Waals surface area contributed by atoms with E-state index in [4.69, 9.17) is 4.55 Å². The summed E-state index contributed by atoms with van der Waals surface area (Å²) in [5, 5.41) is 0. The van der Waals surface area contributed by atoms with Gasteiger partial charge in [-0.2, -0.15) is 8.42 Å². The molecule has 0 aromatic rings. The summed E-state index contributed by atoms with van der Waals surface area (Å²) in [6.45, 7) is 6.72. The van der Waals surface area contributed by atoms with Gasteiger partial charge >= 0.3 is 0 Å². The van der Waals surface area contributed by atoms with Crippen LogP contribution in [0.1, 0.15) is 116 Å². The van der Waals surface area contributed by atoms with Crippen LogP contribution in [0.4, 0.5) is 0 Å². The molecule has 0 aromatic heterocycles. The first kappa shape index (κ1) is 32.8. The summed E-state index contributed by atoms with van der Waals surface area (Å²) in [6, 6.07) is 0. The average Bonchev–Trinajstić information content (AvgIpc) is 2.70. The number of rotatable bonds is 24. The van der Waals surface area contributed by atoms with Gasteiger partial charge in [0.15, 0.2) is 0 Å². The molecular weight excluding hydrogens is 432 g/mol. The standard InChI is InChI=1S/C27H59N2O3S/c1-6-7-8-9-10-11-12-13-14-15-16-19-23-28(2,3)24-20-17-18-21-25-29(4,5)26-22-27-33(30,31)32/h6-27H2,1-5H3/q+1/p+1. The molecule has 0 bridgehead atoms. The lowest BCUT2D eigenvalue weighted by molar-refractivity contribution is -0.891. The molecule has 0 heterocycles. The van der Waals surface area contributed by atoms with Crippen molar-refractivity contribution in [3.63, 3.8) is 0 Å². The Morgan fingerprint density at radius 1 is 0.485 bits per heavy atom. The van der Waals surface area contributed by atoms with Crippen molar-refractivity contribution in [2.24, 2.45) is 0 Å². The highest BCUT2D eigenvalue weighted by molar-refractivity contribution is 7.85. The maximum atomic E-state index is 10.9. The third-order valence-corrected chi connectivity index (χ3v) is 7.86. The number of hydrogen-bond acceptors (Lipinski definition) is 2. The molecule has 200 valence electrons. The Hall–Kier alpha value is -0.170. The summed E-state index contributed by atoms with van der Waals surface area (Å²) in [4.78, 5) is 0. The fraction of sp³-hybridized carbons (Fsp3) is 1.00. The van der Waals surface area contributed by atoms with E-state index in [1.165, 1.54) is 116 Å². The van der Waals surface area contributed by atoms with Gasteiger partial charge in [-0.1, -0.05) is 71.1 Å². The van der Waals surface area contributed by atoms with Gasteiger partial charge in [0.25, 0.3) is 10.1 Å². The van der Waals surface area contributed by atoms with Gasteiger partial charge in [-0.3, -0.25) is 4.55 Å². The van der Waals surface area contributed by atoms with Crippen LogP contribution in [-0.4, -0.2) is 82.1 Å². The minimum absolute atomic E-state index is 0.124. The Morgan fingerprint density at radius 2 is 0.758 bits per heavy atom. The monoisotopic (exact) mass is 492 g/mol. The highest BCUT2D eigenvalue weighted by atomic mass is 32.2. The summed E-state index contributed by atoms with van der Waals surface area (Å²) >= 11 is 0. The van der Waals surface area contributed by atoms with Crippen LogP contribution in [0, 0.1) is 0 Å². The number of hydrogen-bond donors (Lipinski definition) is 1. The Balaban J connectivity index is 3.58. The van der Waals surface area contributed by atoms with Crippen LogP contribution < -0.4 is 0 Å². The molecule has 0 unspecified atom stereocenters. The van der Waals surface area contributed by atoms with Gasteiger partial charge < -0.3 is 8.97 Å². The van der Waals surface area contributed by atoms with Crippen LogP contribution in [0.25, 0.3) is 0 Å². The summed E-state index contributed by atoms with van der Waals surface area (Å²) in [7, 11) is 5.24. The normalized spacial score (nSPS) is 13.0. The van der Waals surface area contributed by atoms with Crippen molar-refractivity contribution >= 4 is 10.1 Å². The van der Waals surface area contributed by atoms with Crippen molar-refractivity contribution in [1.82, 2.24) is 0 Å². The predicted octanol–water partition coefficient (Wildman–Crippen LogP) is 6.68. The van der Waals surface area contributed by atoms with E-state index in [1.807, 2.05) is 0 Å². The lowest BCUT2D eigenvalue weighted by Gasteiger charge is -2.30. The van der Waals surface area contributed by atoms with Crippen LogP contribution in [0.15, 0.2) is 0 Å². The van der Waals surface area contributed by atoms with E-state index in [0.29, 0.717) is 6.42 Å². The molecule has 0 aliphatic heterocycles. The second kappa shape index (κ2) is 19.1. The smallest absolute Gasteiger partial charge is 0.265 e. The first-order valence-electron chi connectivity index (χ1n) is 14.1. The van der Waals surface area contributed by atoms with Gasteiger partial charge in [0.1, 0.15) is 0 Å². The van der Waals surface area contributed by atoms with E-state index in [9.17, 15) is 8.42 Å². The fourth-order valence-electron chi connectivity index (χ4n) is 4.71. The van der Waals surface area contributed by atoms with Crippen molar-refractivity contribution < 1.29 is 21.9 Å². The molecule has 0 fully saturated rings. The predicted molar refractivity (Wildman–Crippen MR) is 144 cm³/mol. The molecule has 0 amide bonds. The molecule has 6 heteroatoms. The Bertz CT molecular complexity index is 548. The summed E-state index contributed by atoms with van der Waals surface area (Å²) in [6.07, 6.45) is 22.5. The molecular formula is C27H60N2O3S+2. The fourth-order valence-corrected chi connectivity index (χ4v) is 5.21. The lowest BCUT2D eigenvalue weighted by atomic mass is 10.1. The van der Waals surface area contributed by atoms with Gasteiger partial charge in [-0.05, 0) is 38.5 Å². The van der Waals surface area contributed by atoms with Gasteiger partial charge in [0, 0.05) is 6.42 Å². The summed E-state index contributed by atoms with van der Waals surface area (Å²) < 4.78 is 32.6. The van der Waals surface area contributed by atoms with Gasteiger partial charge in [-0.25, -0.2) is 0 Å². The van der Waals surface area contributed by atoms with Crippen LogP contribution in [0.3, 0.4) is 0 Å². The number of quaternary nitrogens is 2. The number of unbranched alkanes of at least 4 members (excludes halogenated alkanes) is 14. The van der Waals surface area contributed by atoms with Crippen molar-refractivity contribution in [3.8, 4) is 0 Å². The van der Waals surface area contributed by atoms with Crippen LogP contribution in [-0.2, 0) is 10.1 Å². The Morgan fingerprint density at radius 3 is 1.06 bits per heavy atom.